The molecule has 0 bridgehead atoms. The molecule has 4 nitrogen and oxygen atoms in total. The minimum Gasteiger partial charge on any atom is -0.379 e. The Hall–Kier alpha value is -0.870. The van der Waals surface area contributed by atoms with E-state index in [-0.39, 0.29) is 6.10 Å². The van der Waals surface area contributed by atoms with Crippen LogP contribution >= 0.6 is 0 Å². The van der Waals surface area contributed by atoms with Gasteiger partial charge in [-0.2, -0.15) is 0 Å². The summed E-state index contributed by atoms with van der Waals surface area (Å²) >= 11 is 0. The summed E-state index contributed by atoms with van der Waals surface area (Å²) in [6.45, 7) is 11.1. The molecule has 0 N–H and O–H groups in total. The third-order valence-corrected chi connectivity index (χ3v) is 1.55. The van der Waals surface area contributed by atoms with Crippen molar-refractivity contribution in [3.05, 3.63) is 18.7 Å². The van der Waals surface area contributed by atoms with Crippen LogP contribution in [0.2, 0.25) is 0 Å². The summed E-state index contributed by atoms with van der Waals surface area (Å²) in [5.74, 6) is 0. The average Bonchev–Trinajstić information content (AvgIpc) is 2.87. The highest BCUT2D eigenvalue weighted by atomic mass is 16.5. The van der Waals surface area contributed by atoms with E-state index in [9.17, 15) is 0 Å². The zero-order chi connectivity index (χ0) is 12.8. The largest absolute Gasteiger partial charge is 0.379 e. The first-order chi connectivity index (χ1) is 7.83. The highest BCUT2D eigenvalue weighted by Gasteiger charge is 1.98. The van der Waals surface area contributed by atoms with Crippen LogP contribution in [0.5, 0.6) is 0 Å². The van der Waals surface area contributed by atoms with Gasteiger partial charge < -0.3 is 14.0 Å². The van der Waals surface area contributed by atoms with E-state index < -0.39 is 0 Å². The van der Waals surface area contributed by atoms with Crippen LogP contribution in [-0.2, 0) is 16.2 Å². The SMILES string of the molecule is CC.CC.CO[C@H](C)COCn1ccnc1. The smallest absolute Gasteiger partial charge is 0.123 e. The van der Waals surface area contributed by atoms with Crippen molar-refractivity contribution in [2.24, 2.45) is 0 Å². The Bertz CT molecular complexity index is 201. The van der Waals surface area contributed by atoms with E-state index in [1.807, 2.05) is 45.4 Å². The maximum absolute atomic E-state index is 5.33. The first kappa shape index (κ1) is 17.5. The van der Waals surface area contributed by atoms with Crippen molar-refractivity contribution in [3.8, 4) is 0 Å². The maximum atomic E-state index is 5.33. The molecule has 0 unspecified atom stereocenters. The van der Waals surface area contributed by atoms with Gasteiger partial charge in [0.2, 0.25) is 0 Å². The Balaban J connectivity index is 0. The molecule has 0 aliphatic carbocycles. The first-order valence-corrected chi connectivity index (χ1v) is 5.89. The molecule has 96 valence electrons. The molecule has 0 radical (unpaired) electrons. The molecule has 0 aliphatic heterocycles. The molecule has 0 aromatic carbocycles. The van der Waals surface area contributed by atoms with Crippen molar-refractivity contribution in [1.82, 2.24) is 9.55 Å². The fraction of sp³-hybridized carbons (Fsp3) is 0.750. The van der Waals surface area contributed by atoms with Crippen LogP contribution in [0.25, 0.3) is 0 Å². The zero-order valence-electron chi connectivity index (χ0n) is 11.4. The van der Waals surface area contributed by atoms with E-state index in [2.05, 4.69) is 4.98 Å². The molecule has 0 saturated carbocycles. The lowest BCUT2D eigenvalue weighted by molar-refractivity contribution is -0.00741. The van der Waals surface area contributed by atoms with Crippen molar-refractivity contribution < 1.29 is 9.47 Å². The van der Waals surface area contributed by atoms with Crippen LogP contribution in [0.3, 0.4) is 0 Å². The Morgan fingerprint density at radius 3 is 2.31 bits per heavy atom. The number of methoxy groups -OCH3 is 1. The Labute approximate surface area is 99.6 Å². The topological polar surface area (TPSA) is 36.3 Å². The van der Waals surface area contributed by atoms with Gasteiger partial charge in [0.25, 0.3) is 0 Å². The lowest BCUT2D eigenvalue weighted by Gasteiger charge is -2.09. The van der Waals surface area contributed by atoms with Gasteiger partial charge in [-0.1, -0.05) is 27.7 Å². The molecule has 1 aromatic rings. The second-order valence-electron chi connectivity index (χ2n) is 2.62. The fourth-order valence-electron chi connectivity index (χ4n) is 0.755. The molecular formula is C12H26N2O2. The second kappa shape index (κ2) is 14.1. The summed E-state index contributed by atoms with van der Waals surface area (Å²) in [5, 5.41) is 0. The zero-order valence-corrected chi connectivity index (χ0v) is 11.4. The molecule has 0 amide bonds. The van der Waals surface area contributed by atoms with Gasteiger partial charge in [-0.3, -0.25) is 0 Å². The molecule has 1 atom stereocenters. The van der Waals surface area contributed by atoms with Crippen LogP contribution in [0.15, 0.2) is 18.7 Å². The van der Waals surface area contributed by atoms with Gasteiger partial charge in [-0.05, 0) is 6.92 Å². The van der Waals surface area contributed by atoms with Crippen molar-refractivity contribution in [3.63, 3.8) is 0 Å². The van der Waals surface area contributed by atoms with Crippen molar-refractivity contribution in [1.29, 1.82) is 0 Å². The molecule has 0 saturated heterocycles. The molecule has 0 spiro atoms. The molecule has 4 heteroatoms. The molecule has 1 rings (SSSR count). The van der Waals surface area contributed by atoms with Gasteiger partial charge in [0.15, 0.2) is 0 Å². The Morgan fingerprint density at radius 1 is 1.25 bits per heavy atom. The summed E-state index contributed by atoms with van der Waals surface area (Å²) in [4.78, 5) is 3.89. The van der Waals surface area contributed by atoms with Crippen LogP contribution in [0.4, 0.5) is 0 Å². The molecule has 1 aromatic heterocycles. The predicted molar refractivity (Wildman–Crippen MR) is 67.3 cm³/mol. The van der Waals surface area contributed by atoms with Crippen LogP contribution < -0.4 is 0 Å². The van der Waals surface area contributed by atoms with Gasteiger partial charge in [0, 0.05) is 19.5 Å². The van der Waals surface area contributed by atoms with E-state index in [1.165, 1.54) is 0 Å². The van der Waals surface area contributed by atoms with Crippen LogP contribution in [0.1, 0.15) is 34.6 Å². The molecular weight excluding hydrogens is 204 g/mol. The number of nitrogens with zero attached hydrogens (tertiary/aromatic N) is 2. The lowest BCUT2D eigenvalue weighted by Crippen LogP contribution is -2.14. The molecule has 0 aliphatic rings. The van der Waals surface area contributed by atoms with E-state index in [1.54, 1.807) is 19.6 Å². The number of hydrogen-bond donors (Lipinski definition) is 0. The number of ether oxygens (including phenoxy) is 2. The van der Waals surface area contributed by atoms with Crippen molar-refractivity contribution >= 4 is 0 Å². The standard InChI is InChI=1S/C8H14N2O2.2C2H6/c1-8(11-2)5-12-7-10-4-3-9-6-10;2*1-2/h3-4,6,8H,5,7H2,1-2H3;2*1-2H3/t8-;;/m1../s1. The van der Waals surface area contributed by atoms with Gasteiger partial charge >= 0.3 is 0 Å². The minimum atomic E-state index is 0.147. The van der Waals surface area contributed by atoms with E-state index >= 15 is 0 Å². The van der Waals surface area contributed by atoms with E-state index in [0.29, 0.717) is 13.3 Å². The van der Waals surface area contributed by atoms with Gasteiger partial charge in [-0.15, -0.1) is 0 Å². The predicted octanol–water partition coefficient (Wildman–Crippen LogP) is 2.94. The van der Waals surface area contributed by atoms with Crippen LogP contribution in [-0.4, -0.2) is 29.4 Å². The first-order valence-electron chi connectivity index (χ1n) is 5.89. The monoisotopic (exact) mass is 230 g/mol. The van der Waals surface area contributed by atoms with Gasteiger partial charge in [0.05, 0.1) is 19.0 Å². The van der Waals surface area contributed by atoms with Crippen LogP contribution in [0, 0.1) is 0 Å². The third kappa shape index (κ3) is 9.68. The number of aromatic nitrogens is 2. The lowest BCUT2D eigenvalue weighted by atomic mass is 10.4. The van der Waals surface area contributed by atoms with Crippen molar-refractivity contribution in [2.75, 3.05) is 13.7 Å². The number of imidazole rings is 1. The van der Waals surface area contributed by atoms with E-state index in [4.69, 9.17) is 9.47 Å². The molecule has 0 fully saturated rings. The highest BCUT2D eigenvalue weighted by Crippen LogP contribution is 1.92. The molecule has 16 heavy (non-hydrogen) atoms. The summed E-state index contributed by atoms with van der Waals surface area (Å²) in [5.41, 5.74) is 0. The summed E-state index contributed by atoms with van der Waals surface area (Å²) in [6, 6.07) is 0. The average molecular weight is 230 g/mol. The Morgan fingerprint density at radius 2 is 1.88 bits per heavy atom. The van der Waals surface area contributed by atoms with Gasteiger partial charge in [-0.25, -0.2) is 4.98 Å². The summed E-state index contributed by atoms with van der Waals surface area (Å²) < 4.78 is 12.2. The summed E-state index contributed by atoms with van der Waals surface area (Å²) in [7, 11) is 1.67. The maximum Gasteiger partial charge on any atom is 0.123 e. The Kier molecular flexibility index (Phi) is 15.5. The summed E-state index contributed by atoms with van der Waals surface area (Å²) in [6.07, 6.45) is 5.45. The molecule has 1 heterocycles. The highest BCUT2D eigenvalue weighted by molar-refractivity contribution is 4.72. The normalized spacial score (nSPS) is 10.6. The fourth-order valence-corrected chi connectivity index (χ4v) is 0.755. The quantitative estimate of drug-likeness (QED) is 0.780. The third-order valence-electron chi connectivity index (χ3n) is 1.55. The van der Waals surface area contributed by atoms with Gasteiger partial charge in [0.1, 0.15) is 6.73 Å². The number of hydrogen-bond acceptors (Lipinski definition) is 3. The number of rotatable bonds is 5. The van der Waals surface area contributed by atoms with E-state index in [0.717, 1.165) is 0 Å². The minimum absolute atomic E-state index is 0.147. The second-order valence-corrected chi connectivity index (χ2v) is 2.62. The van der Waals surface area contributed by atoms with Crippen molar-refractivity contribution in [2.45, 2.75) is 47.5 Å².